The SMILES string of the molecule is CS(=O)(=O)Nc1ccc(S(=O)(=O)NC2C3CC4CC2CC(C(O)CC2c5c(F)cccc5-c5cncn52)(C4)C3)cc1. The van der Waals surface area contributed by atoms with Crippen molar-refractivity contribution in [1.82, 2.24) is 14.3 Å². The monoisotopic (exact) mass is 600 g/mol. The highest BCUT2D eigenvalue weighted by atomic mass is 32.2. The number of fused-ring (bicyclic) bond motifs is 3. The number of rotatable bonds is 8. The summed E-state index contributed by atoms with van der Waals surface area (Å²) in [4.78, 5) is 4.36. The minimum Gasteiger partial charge on any atom is -0.392 e. The number of halogens is 1. The minimum atomic E-state index is -3.83. The van der Waals surface area contributed by atoms with E-state index in [1.54, 1.807) is 18.6 Å². The Hall–Kier alpha value is -2.80. The molecule has 4 aliphatic carbocycles. The number of benzene rings is 2. The van der Waals surface area contributed by atoms with Gasteiger partial charge in [0.1, 0.15) is 5.82 Å². The predicted molar refractivity (Wildman–Crippen MR) is 151 cm³/mol. The van der Waals surface area contributed by atoms with Crippen LogP contribution < -0.4 is 9.44 Å². The second kappa shape index (κ2) is 9.35. The summed E-state index contributed by atoms with van der Waals surface area (Å²) in [5.41, 5.74) is 2.25. The number of aliphatic hydroxyl groups is 1. The van der Waals surface area contributed by atoms with Crippen LogP contribution in [-0.4, -0.2) is 49.9 Å². The van der Waals surface area contributed by atoms with Gasteiger partial charge < -0.3 is 9.67 Å². The molecule has 5 aliphatic rings. The van der Waals surface area contributed by atoms with E-state index in [9.17, 15) is 21.9 Å². The molecule has 2 aromatic carbocycles. The molecule has 3 aromatic rings. The normalized spacial score (nSPS) is 30.7. The zero-order valence-corrected chi connectivity index (χ0v) is 24.2. The van der Waals surface area contributed by atoms with Gasteiger partial charge in [-0.25, -0.2) is 30.9 Å². The number of aromatic nitrogens is 2. The van der Waals surface area contributed by atoms with Crippen molar-refractivity contribution in [2.75, 3.05) is 11.0 Å². The average Bonchev–Trinajstić information content (AvgIpc) is 3.48. The van der Waals surface area contributed by atoms with E-state index < -0.39 is 26.2 Å². The van der Waals surface area contributed by atoms with E-state index in [2.05, 4.69) is 14.4 Å². The van der Waals surface area contributed by atoms with Crippen LogP contribution >= 0.6 is 0 Å². The molecule has 0 saturated heterocycles. The van der Waals surface area contributed by atoms with Crippen LogP contribution in [0, 0.1) is 29.0 Å². The molecular formula is C29H33FN4O5S2. The number of anilines is 1. The van der Waals surface area contributed by atoms with Gasteiger partial charge in [0.05, 0.1) is 41.5 Å². The Balaban J connectivity index is 1.09. The third kappa shape index (κ3) is 4.59. The summed E-state index contributed by atoms with van der Waals surface area (Å²) < 4.78 is 72.0. The summed E-state index contributed by atoms with van der Waals surface area (Å²) in [7, 11) is -7.30. The van der Waals surface area contributed by atoms with Crippen molar-refractivity contribution in [1.29, 1.82) is 0 Å². The van der Waals surface area contributed by atoms with E-state index in [0.29, 0.717) is 23.6 Å². The van der Waals surface area contributed by atoms with E-state index in [4.69, 9.17) is 0 Å². The van der Waals surface area contributed by atoms with Crippen LogP contribution in [-0.2, 0) is 20.0 Å². The summed E-state index contributed by atoms with van der Waals surface area (Å²) in [5.74, 6) is 0.366. The highest BCUT2D eigenvalue weighted by Gasteiger charge is 2.58. The molecule has 1 aliphatic heterocycles. The molecule has 0 radical (unpaired) electrons. The number of imidazole rings is 1. The first-order chi connectivity index (χ1) is 19.4. The van der Waals surface area contributed by atoms with Gasteiger partial charge in [-0.3, -0.25) is 4.72 Å². The number of aliphatic hydroxyl groups excluding tert-OH is 1. The quantitative estimate of drug-likeness (QED) is 0.360. The lowest BCUT2D eigenvalue weighted by Crippen LogP contribution is -2.61. The molecule has 9 nitrogen and oxygen atoms in total. The molecule has 4 unspecified atom stereocenters. The lowest BCUT2D eigenvalue weighted by atomic mass is 9.46. The smallest absolute Gasteiger partial charge is 0.240 e. The third-order valence-corrected chi connectivity index (χ3v) is 12.0. The Kier molecular flexibility index (Phi) is 6.17. The lowest BCUT2D eigenvalue weighted by molar-refractivity contribution is -0.134. The van der Waals surface area contributed by atoms with Gasteiger partial charge in [0.25, 0.3) is 0 Å². The number of sulfonamides is 2. The molecule has 2 heterocycles. The van der Waals surface area contributed by atoms with Gasteiger partial charge >= 0.3 is 0 Å². The molecule has 218 valence electrons. The maximum absolute atomic E-state index is 15.0. The topological polar surface area (TPSA) is 130 Å². The molecule has 4 bridgehead atoms. The Morgan fingerprint density at radius 1 is 1.07 bits per heavy atom. The van der Waals surface area contributed by atoms with E-state index >= 15 is 4.39 Å². The van der Waals surface area contributed by atoms with E-state index in [-0.39, 0.29) is 40.0 Å². The Bertz CT molecular complexity index is 1710. The first-order valence-electron chi connectivity index (χ1n) is 14.0. The summed E-state index contributed by atoms with van der Waals surface area (Å²) in [5, 5.41) is 11.8. The van der Waals surface area contributed by atoms with Crippen LogP contribution in [0.1, 0.15) is 50.1 Å². The predicted octanol–water partition coefficient (Wildman–Crippen LogP) is 3.89. The molecular weight excluding hydrogens is 567 g/mol. The Labute approximate surface area is 239 Å². The maximum atomic E-state index is 15.0. The molecule has 3 N–H and O–H groups in total. The van der Waals surface area contributed by atoms with E-state index in [0.717, 1.165) is 49.6 Å². The first kappa shape index (κ1) is 27.1. The number of nitrogens with zero attached hydrogens (tertiary/aromatic N) is 2. The Morgan fingerprint density at radius 2 is 1.78 bits per heavy atom. The van der Waals surface area contributed by atoms with Crippen molar-refractivity contribution in [3.63, 3.8) is 0 Å². The molecule has 4 saturated carbocycles. The average molecular weight is 601 g/mol. The second-order valence-electron chi connectivity index (χ2n) is 12.5. The highest BCUT2D eigenvalue weighted by molar-refractivity contribution is 7.92. The number of hydrogen-bond acceptors (Lipinski definition) is 6. The van der Waals surface area contributed by atoms with Crippen LogP contribution in [0.25, 0.3) is 11.3 Å². The standard InChI is InChI=1S/C29H33FN4O5S2/c1-40(36,37)32-20-5-7-21(8-6-20)41(38,39)33-28-18-9-17-10-19(28)14-29(12-17,13-18)26(35)11-24-27-22(3-2-4-23(27)30)25-15-31-16-34(24)25/h2-8,15-19,24,26,28,32-33,35H,9-14H2,1H3. The fourth-order valence-corrected chi connectivity index (χ4v) is 10.5. The van der Waals surface area contributed by atoms with E-state index in [1.807, 2.05) is 10.6 Å². The first-order valence-corrected chi connectivity index (χ1v) is 17.4. The van der Waals surface area contributed by atoms with Crippen molar-refractivity contribution < 1.29 is 26.3 Å². The largest absolute Gasteiger partial charge is 0.392 e. The van der Waals surface area contributed by atoms with E-state index in [1.165, 1.54) is 30.3 Å². The van der Waals surface area contributed by atoms with Crippen molar-refractivity contribution in [3.8, 4) is 11.3 Å². The van der Waals surface area contributed by atoms with Gasteiger partial charge in [-0.2, -0.15) is 0 Å². The lowest BCUT2D eigenvalue weighted by Gasteiger charge is -2.61. The third-order valence-electron chi connectivity index (χ3n) is 9.90. The van der Waals surface area contributed by atoms with Gasteiger partial charge in [0, 0.05) is 22.9 Å². The number of nitrogens with one attached hydrogen (secondary N) is 2. The minimum absolute atomic E-state index is 0.0816. The van der Waals surface area contributed by atoms with Crippen molar-refractivity contribution in [2.24, 2.45) is 23.2 Å². The molecule has 41 heavy (non-hydrogen) atoms. The fraction of sp³-hybridized carbons (Fsp3) is 0.483. The molecule has 4 atom stereocenters. The molecule has 12 heteroatoms. The van der Waals surface area contributed by atoms with Gasteiger partial charge in [-0.05, 0) is 92.0 Å². The summed E-state index contributed by atoms with van der Waals surface area (Å²) in [6.45, 7) is 0. The summed E-state index contributed by atoms with van der Waals surface area (Å²) >= 11 is 0. The zero-order valence-electron chi connectivity index (χ0n) is 22.6. The maximum Gasteiger partial charge on any atom is 0.240 e. The van der Waals surface area contributed by atoms with Crippen LogP contribution in [0.4, 0.5) is 10.1 Å². The zero-order chi connectivity index (χ0) is 28.7. The van der Waals surface area contributed by atoms with Crippen molar-refractivity contribution in [2.45, 2.75) is 61.6 Å². The van der Waals surface area contributed by atoms with Gasteiger partial charge in [0.15, 0.2) is 0 Å². The van der Waals surface area contributed by atoms with Gasteiger partial charge in [0.2, 0.25) is 20.0 Å². The molecule has 4 fully saturated rings. The van der Waals surface area contributed by atoms with Crippen LogP contribution in [0.3, 0.4) is 0 Å². The van der Waals surface area contributed by atoms with Crippen molar-refractivity contribution >= 4 is 25.7 Å². The Morgan fingerprint density at radius 3 is 2.46 bits per heavy atom. The fourth-order valence-electron chi connectivity index (χ4n) is 8.54. The van der Waals surface area contributed by atoms with Crippen LogP contribution in [0.5, 0.6) is 0 Å². The van der Waals surface area contributed by atoms with Crippen LogP contribution in [0.15, 0.2) is 59.9 Å². The van der Waals surface area contributed by atoms with Gasteiger partial charge in [-0.15, -0.1) is 0 Å². The molecule has 8 rings (SSSR count). The summed E-state index contributed by atoms with van der Waals surface area (Å²) in [6.07, 6.45) is 8.39. The molecule has 0 amide bonds. The second-order valence-corrected chi connectivity index (χ2v) is 16.0. The summed E-state index contributed by atoms with van der Waals surface area (Å²) in [6, 6.07) is 10.2. The number of hydrogen-bond donors (Lipinski definition) is 3. The van der Waals surface area contributed by atoms with Crippen LogP contribution in [0.2, 0.25) is 0 Å². The van der Waals surface area contributed by atoms with Crippen molar-refractivity contribution in [3.05, 3.63) is 66.4 Å². The molecule has 0 spiro atoms. The van der Waals surface area contributed by atoms with Gasteiger partial charge in [-0.1, -0.05) is 12.1 Å². The molecule has 1 aromatic heterocycles. The highest BCUT2D eigenvalue weighted by Crippen LogP contribution is 2.62.